The average molecular weight is 245 g/mol. The van der Waals surface area contributed by atoms with E-state index in [1.165, 1.54) is 37.9 Å². The largest absolute Gasteiger partial charge is 0.398 e. The Bertz CT molecular complexity index is 400. The molecule has 2 aliphatic rings. The van der Waals surface area contributed by atoms with Crippen LogP contribution < -0.4 is 11.1 Å². The molecular weight excluding hydrogens is 222 g/mol. The maximum atomic E-state index is 5.94. The molecular formula is C15H23N3. The Kier molecular flexibility index (Phi) is 3.52. The quantitative estimate of drug-likeness (QED) is 0.778. The van der Waals surface area contributed by atoms with Crippen LogP contribution in [0.2, 0.25) is 0 Å². The molecule has 3 N–H and O–H groups in total. The van der Waals surface area contributed by atoms with Crippen molar-refractivity contribution in [3.05, 3.63) is 29.8 Å². The maximum Gasteiger partial charge on any atom is 0.0359 e. The summed E-state index contributed by atoms with van der Waals surface area (Å²) in [5.74, 6) is 0.829. The first kappa shape index (κ1) is 12.0. The van der Waals surface area contributed by atoms with E-state index in [0.29, 0.717) is 0 Å². The fourth-order valence-corrected chi connectivity index (χ4v) is 2.91. The average Bonchev–Trinajstić information content (AvgIpc) is 3.12. The van der Waals surface area contributed by atoms with Gasteiger partial charge in [0.05, 0.1) is 0 Å². The number of nitrogen functional groups attached to an aromatic ring is 1. The monoisotopic (exact) mass is 245 g/mol. The molecule has 0 amide bonds. The highest BCUT2D eigenvalue weighted by molar-refractivity contribution is 5.46. The van der Waals surface area contributed by atoms with Crippen molar-refractivity contribution in [3.63, 3.8) is 0 Å². The second-order valence-corrected chi connectivity index (χ2v) is 5.71. The molecule has 3 rings (SSSR count). The van der Waals surface area contributed by atoms with E-state index in [1.54, 1.807) is 0 Å². The molecule has 1 aromatic rings. The Morgan fingerprint density at radius 1 is 1.22 bits per heavy atom. The van der Waals surface area contributed by atoms with Crippen LogP contribution in [-0.2, 0) is 6.54 Å². The van der Waals surface area contributed by atoms with Crippen LogP contribution in [-0.4, -0.2) is 30.6 Å². The zero-order chi connectivity index (χ0) is 12.4. The fourth-order valence-electron chi connectivity index (χ4n) is 2.91. The van der Waals surface area contributed by atoms with E-state index in [2.05, 4.69) is 22.3 Å². The van der Waals surface area contributed by atoms with Gasteiger partial charge in [0, 0.05) is 24.8 Å². The van der Waals surface area contributed by atoms with Gasteiger partial charge in [-0.25, -0.2) is 0 Å². The summed E-state index contributed by atoms with van der Waals surface area (Å²) < 4.78 is 0. The van der Waals surface area contributed by atoms with Crippen LogP contribution in [0.5, 0.6) is 0 Å². The number of rotatable bonds is 5. The molecule has 3 nitrogen and oxygen atoms in total. The number of nitrogens with zero attached hydrogens (tertiary/aromatic N) is 1. The van der Waals surface area contributed by atoms with Crippen LogP contribution in [0.25, 0.3) is 0 Å². The molecule has 1 aliphatic carbocycles. The number of hydrogen-bond acceptors (Lipinski definition) is 3. The number of hydrogen-bond donors (Lipinski definition) is 2. The lowest BCUT2D eigenvalue weighted by atomic mass is 10.1. The third-order valence-corrected chi connectivity index (χ3v) is 4.18. The lowest BCUT2D eigenvalue weighted by molar-refractivity contribution is 0.312. The zero-order valence-electron chi connectivity index (χ0n) is 10.9. The van der Waals surface area contributed by atoms with Crippen molar-refractivity contribution in [2.75, 3.05) is 25.4 Å². The molecule has 3 heteroatoms. The molecule has 1 atom stereocenters. The van der Waals surface area contributed by atoms with E-state index in [9.17, 15) is 0 Å². The van der Waals surface area contributed by atoms with Crippen LogP contribution >= 0.6 is 0 Å². The van der Waals surface area contributed by atoms with Gasteiger partial charge in [-0.1, -0.05) is 18.2 Å². The molecule has 1 aromatic carbocycles. The predicted molar refractivity (Wildman–Crippen MR) is 75.3 cm³/mol. The van der Waals surface area contributed by atoms with E-state index in [0.717, 1.165) is 30.7 Å². The van der Waals surface area contributed by atoms with Gasteiger partial charge >= 0.3 is 0 Å². The number of nitrogens with two attached hydrogens (primary N) is 1. The van der Waals surface area contributed by atoms with Gasteiger partial charge in [-0.15, -0.1) is 0 Å². The highest BCUT2D eigenvalue weighted by atomic mass is 15.2. The van der Waals surface area contributed by atoms with Crippen LogP contribution in [0, 0.1) is 5.92 Å². The summed E-state index contributed by atoms with van der Waals surface area (Å²) in [6.45, 7) is 4.62. The molecule has 1 saturated heterocycles. The van der Waals surface area contributed by atoms with Crippen molar-refractivity contribution in [1.82, 2.24) is 10.2 Å². The van der Waals surface area contributed by atoms with E-state index < -0.39 is 0 Å². The topological polar surface area (TPSA) is 41.3 Å². The third kappa shape index (κ3) is 2.85. The summed E-state index contributed by atoms with van der Waals surface area (Å²) in [4.78, 5) is 2.67. The first-order chi connectivity index (χ1) is 8.83. The maximum absolute atomic E-state index is 5.94. The van der Waals surface area contributed by atoms with E-state index in [4.69, 9.17) is 5.73 Å². The van der Waals surface area contributed by atoms with Gasteiger partial charge in [-0.2, -0.15) is 0 Å². The normalized spacial score (nSPS) is 24.6. The minimum absolute atomic E-state index is 0.829. The molecule has 1 unspecified atom stereocenters. The minimum Gasteiger partial charge on any atom is -0.398 e. The van der Waals surface area contributed by atoms with Crippen LogP contribution in [0.15, 0.2) is 24.3 Å². The number of anilines is 1. The van der Waals surface area contributed by atoms with E-state index in [1.807, 2.05) is 12.1 Å². The Morgan fingerprint density at radius 3 is 2.83 bits per heavy atom. The summed E-state index contributed by atoms with van der Waals surface area (Å²) in [5, 5.41) is 3.56. The summed E-state index contributed by atoms with van der Waals surface area (Å²) in [6.07, 6.45) is 4.22. The third-order valence-electron chi connectivity index (χ3n) is 4.18. The lowest BCUT2D eigenvalue weighted by Gasteiger charge is -2.15. The Hall–Kier alpha value is -1.06. The second-order valence-electron chi connectivity index (χ2n) is 5.71. The summed E-state index contributed by atoms with van der Waals surface area (Å²) >= 11 is 0. The van der Waals surface area contributed by atoms with Crippen molar-refractivity contribution < 1.29 is 0 Å². The Balaban J connectivity index is 1.41. The minimum atomic E-state index is 0.829. The number of nitrogens with one attached hydrogen (secondary N) is 1. The van der Waals surface area contributed by atoms with Gasteiger partial charge in [-0.05, 0) is 49.9 Å². The first-order valence-electron chi connectivity index (χ1n) is 7.11. The number of benzene rings is 1. The van der Waals surface area contributed by atoms with Gasteiger partial charge in [0.25, 0.3) is 0 Å². The molecule has 0 bridgehead atoms. The molecule has 0 radical (unpaired) electrons. The van der Waals surface area contributed by atoms with Crippen molar-refractivity contribution >= 4 is 5.69 Å². The number of para-hydroxylation sites is 1. The van der Waals surface area contributed by atoms with E-state index in [-0.39, 0.29) is 0 Å². The van der Waals surface area contributed by atoms with Gasteiger partial charge in [0.1, 0.15) is 0 Å². The van der Waals surface area contributed by atoms with Crippen LogP contribution in [0.3, 0.4) is 0 Å². The molecule has 0 spiro atoms. The van der Waals surface area contributed by atoms with Crippen LogP contribution in [0.1, 0.15) is 24.8 Å². The smallest absolute Gasteiger partial charge is 0.0359 e. The summed E-state index contributed by atoms with van der Waals surface area (Å²) in [7, 11) is 0. The zero-order valence-corrected chi connectivity index (χ0v) is 10.9. The van der Waals surface area contributed by atoms with Crippen molar-refractivity contribution in [2.24, 2.45) is 5.92 Å². The standard InChI is InChI=1S/C15H23N3/c16-15-4-2-1-3-13(15)10-17-9-12-7-8-18(11-12)14-5-6-14/h1-4,12,14,17H,5-11,16H2. The van der Waals surface area contributed by atoms with E-state index >= 15 is 0 Å². The summed E-state index contributed by atoms with van der Waals surface area (Å²) in [5.41, 5.74) is 8.05. The SMILES string of the molecule is Nc1ccccc1CNCC1CCN(C2CC2)C1. The van der Waals surface area contributed by atoms with Gasteiger partial charge in [0.2, 0.25) is 0 Å². The van der Waals surface area contributed by atoms with Gasteiger partial charge in [-0.3, -0.25) is 0 Å². The highest BCUT2D eigenvalue weighted by Gasteiger charge is 2.33. The summed E-state index contributed by atoms with van der Waals surface area (Å²) in [6, 6.07) is 9.05. The first-order valence-corrected chi connectivity index (χ1v) is 7.11. The molecule has 1 aliphatic heterocycles. The molecule has 0 aromatic heterocycles. The van der Waals surface area contributed by atoms with Crippen molar-refractivity contribution in [3.8, 4) is 0 Å². The second kappa shape index (κ2) is 5.29. The predicted octanol–water partition coefficient (Wildman–Crippen LogP) is 1.84. The number of likely N-dealkylation sites (tertiary alicyclic amines) is 1. The fraction of sp³-hybridized carbons (Fsp3) is 0.600. The lowest BCUT2D eigenvalue weighted by Crippen LogP contribution is -2.27. The Morgan fingerprint density at radius 2 is 2.06 bits per heavy atom. The molecule has 1 saturated carbocycles. The molecule has 98 valence electrons. The van der Waals surface area contributed by atoms with Crippen molar-refractivity contribution in [2.45, 2.75) is 31.8 Å². The van der Waals surface area contributed by atoms with Gasteiger partial charge < -0.3 is 16.0 Å². The molecule has 18 heavy (non-hydrogen) atoms. The van der Waals surface area contributed by atoms with Crippen molar-refractivity contribution in [1.29, 1.82) is 0 Å². The van der Waals surface area contributed by atoms with Gasteiger partial charge in [0.15, 0.2) is 0 Å². The molecule has 1 heterocycles. The highest BCUT2D eigenvalue weighted by Crippen LogP contribution is 2.31. The molecule has 2 fully saturated rings. The van der Waals surface area contributed by atoms with Crippen LogP contribution in [0.4, 0.5) is 5.69 Å². The Labute approximate surface area is 109 Å².